The molecule has 1 aliphatic rings. The van der Waals surface area contributed by atoms with Crippen molar-refractivity contribution >= 4 is 10.0 Å². The maximum Gasteiger partial charge on any atom is 0.416 e. The van der Waals surface area contributed by atoms with E-state index in [9.17, 15) is 21.6 Å². The van der Waals surface area contributed by atoms with Gasteiger partial charge in [0.25, 0.3) is 0 Å². The highest BCUT2D eigenvalue weighted by molar-refractivity contribution is 7.88. The average Bonchev–Trinajstić information content (AvgIpc) is 2.79. The van der Waals surface area contributed by atoms with Gasteiger partial charge in [-0.1, -0.05) is 18.2 Å². The number of rotatable bonds is 4. The van der Waals surface area contributed by atoms with Gasteiger partial charge in [-0.2, -0.15) is 13.2 Å². The normalized spacial score (nSPS) is 20.2. The van der Waals surface area contributed by atoms with Gasteiger partial charge < -0.3 is 5.32 Å². The molecule has 20 heavy (non-hydrogen) atoms. The Morgan fingerprint density at radius 1 is 1.35 bits per heavy atom. The molecular formula is C12H15F3N2O2S. The monoisotopic (exact) mass is 308 g/mol. The summed E-state index contributed by atoms with van der Waals surface area (Å²) in [5.41, 5.74) is -0.717. The van der Waals surface area contributed by atoms with Crippen molar-refractivity contribution in [3.8, 4) is 0 Å². The van der Waals surface area contributed by atoms with E-state index in [0.29, 0.717) is 13.0 Å². The lowest BCUT2D eigenvalue weighted by atomic mass is 10.1. The molecule has 0 radical (unpaired) electrons. The fourth-order valence-corrected chi connectivity index (χ4v) is 3.52. The van der Waals surface area contributed by atoms with Crippen LogP contribution >= 0.6 is 0 Å². The standard InChI is InChI=1S/C12H15F3N2O2S/c13-12(14,15)10-3-1-2-9(6-10)8-20(18,19)17-11-4-5-16-7-11/h1-3,6,11,16-17H,4-5,7-8H2. The predicted molar refractivity (Wildman–Crippen MR) is 68.5 cm³/mol. The van der Waals surface area contributed by atoms with Gasteiger partial charge in [0.1, 0.15) is 0 Å². The molecular weight excluding hydrogens is 293 g/mol. The highest BCUT2D eigenvalue weighted by Gasteiger charge is 2.31. The van der Waals surface area contributed by atoms with E-state index in [-0.39, 0.29) is 11.6 Å². The minimum Gasteiger partial charge on any atom is -0.315 e. The Hall–Kier alpha value is -1.12. The van der Waals surface area contributed by atoms with E-state index < -0.39 is 27.5 Å². The first-order valence-corrected chi connectivity index (χ1v) is 7.78. The number of hydrogen-bond donors (Lipinski definition) is 2. The minimum absolute atomic E-state index is 0.123. The second-order valence-electron chi connectivity index (χ2n) is 4.76. The van der Waals surface area contributed by atoms with E-state index in [0.717, 1.165) is 18.7 Å². The predicted octanol–water partition coefficient (Wildman–Crippen LogP) is 1.49. The van der Waals surface area contributed by atoms with Crippen molar-refractivity contribution in [3.05, 3.63) is 35.4 Å². The molecule has 2 rings (SSSR count). The van der Waals surface area contributed by atoms with Crippen molar-refractivity contribution in [1.29, 1.82) is 0 Å². The Bertz CT molecular complexity index is 566. The molecule has 1 heterocycles. The second-order valence-corrected chi connectivity index (χ2v) is 6.52. The summed E-state index contributed by atoms with van der Waals surface area (Å²) in [6, 6.07) is 4.19. The number of halogens is 3. The first-order chi connectivity index (χ1) is 9.26. The lowest BCUT2D eigenvalue weighted by molar-refractivity contribution is -0.137. The van der Waals surface area contributed by atoms with Gasteiger partial charge in [-0.15, -0.1) is 0 Å². The van der Waals surface area contributed by atoms with E-state index in [2.05, 4.69) is 10.0 Å². The van der Waals surface area contributed by atoms with Crippen LogP contribution in [0.4, 0.5) is 13.2 Å². The van der Waals surface area contributed by atoms with Gasteiger partial charge >= 0.3 is 6.18 Å². The molecule has 4 nitrogen and oxygen atoms in total. The zero-order chi connectivity index (χ0) is 14.8. The fourth-order valence-electron chi connectivity index (χ4n) is 2.11. The van der Waals surface area contributed by atoms with Crippen LogP contribution in [0.25, 0.3) is 0 Å². The number of alkyl halides is 3. The SMILES string of the molecule is O=S(=O)(Cc1cccc(C(F)(F)F)c1)NC1CCNC1. The van der Waals surface area contributed by atoms with Crippen molar-refractivity contribution in [2.24, 2.45) is 0 Å². The second kappa shape index (κ2) is 5.71. The van der Waals surface area contributed by atoms with E-state index in [1.54, 1.807) is 0 Å². The summed E-state index contributed by atoms with van der Waals surface area (Å²) in [5, 5.41) is 3.01. The van der Waals surface area contributed by atoms with Gasteiger partial charge in [-0.05, 0) is 24.6 Å². The van der Waals surface area contributed by atoms with E-state index >= 15 is 0 Å². The molecule has 8 heteroatoms. The van der Waals surface area contributed by atoms with Crippen LogP contribution < -0.4 is 10.0 Å². The van der Waals surface area contributed by atoms with Crippen molar-refractivity contribution in [1.82, 2.24) is 10.0 Å². The number of benzene rings is 1. The fraction of sp³-hybridized carbons (Fsp3) is 0.500. The van der Waals surface area contributed by atoms with Crippen molar-refractivity contribution < 1.29 is 21.6 Å². The highest BCUT2D eigenvalue weighted by Crippen LogP contribution is 2.29. The highest BCUT2D eigenvalue weighted by atomic mass is 32.2. The Balaban J connectivity index is 2.08. The third-order valence-corrected chi connectivity index (χ3v) is 4.42. The summed E-state index contributed by atoms with van der Waals surface area (Å²) >= 11 is 0. The van der Waals surface area contributed by atoms with Gasteiger partial charge in [0.05, 0.1) is 11.3 Å². The van der Waals surface area contributed by atoms with Gasteiger partial charge in [0.15, 0.2) is 0 Å². The van der Waals surface area contributed by atoms with E-state index in [1.807, 2.05) is 0 Å². The quantitative estimate of drug-likeness (QED) is 0.886. The van der Waals surface area contributed by atoms with Crippen LogP contribution in [0.5, 0.6) is 0 Å². The maximum atomic E-state index is 12.6. The zero-order valence-electron chi connectivity index (χ0n) is 10.6. The Morgan fingerprint density at radius 2 is 2.10 bits per heavy atom. The molecule has 1 unspecified atom stereocenters. The van der Waals surface area contributed by atoms with Gasteiger partial charge in [-0.3, -0.25) is 0 Å². The Kier molecular flexibility index (Phi) is 4.36. The Labute approximate surface area is 115 Å². The van der Waals surface area contributed by atoms with Crippen molar-refractivity contribution in [2.75, 3.05) is 13.1 Å². The van der Waals surface area contributed by atoms with Crippen LogP contribution in [0.15, 0.2) is 24.3 Å². The number of hydrogen-bond acceptors (Lipinski definition) is 3. The lowest BCUT2D eigenvalue weighted by Gasteiger charge is -2.13. The lowest BCUT2D eigenvalue weighted by Crippen LogP contribution is -2.36. The molecule has 0 aromatic heterocycles. The first kappa shape index (κ1) is 15.3. The largest absolute Gasteiger partial charge is 0.416 e. The van der Waals surface area contributed by atoms with Crippen LogP contribution in [0.3, 0.4) is 0 Å². The van der Waals surface area contributed by atoms with Crippen LogP contribution in [0.2, 0.25) is 0 Å². The van der Waals surface area contributed by atoms with Gasteiger partial charge in [0, 0.05) is 12.6 Å². The van der Waals surface area contributed by atoms with Crippen LogP contribution in [-0.4, -0.2) is 27.5 Å². The molecule has 1 aromatic carbocycles. The number of sulfonamides is 1. The average molecular weight is 308 g/mol. The van der Waals surface area contributed by atoms with Crippen molar-refractivity contribution in [3.63, 3.8) is 0 Å². The summed E-state index contributed by atoms with van der Waals surface area (Å²) in [7, 11) is -3.64. The third-order valence-electron chi connectivity index (χ3n) is 3.02. The minimum atomic E-state index is -4.47. The molecule has 1 aliphatic heterocycles. The molecule has 112 valence electrons. The molecule has 0 saturated carbocycles. The smallest absolute Gasteiger partial charge is 0.315 e. The molecule has 1 fully saturated rings. The molecule has 0 bridgehead atoms. The van der Waals surface area contributed by atoms with E-state index in [4.69, 9.17) is 0 Å². The molecule has 0 amide bonds. The molecule has 0 spiro atoms. The van der Waals surface area contributed by atoms with Crippen LogP contribution in [-0.2, 0) is 22.0 Å². The summed E-state index contributed by atoms with van der Waals surface area (Å²) < 4.78 is 63.9. The maximum absolute atomic E-state index is 12.6. The summed E-state index contributed by atoms with van der Waals surface area (Å²) in [4.78, 5) is 0. The molecule has 0 aliphatic carbocycles. The zero-order valence-corrected chi connectivity index (χ0v) is 11.4. The summed E-state index contributed by atoms with van der Waals surface area (Å²) in [5.74, 6) is -0.451. The third kappa shape index (κ3) is 4.19. The molecule has 2 N–H and O–H groups in total. The molecule has 1 atom stereocenters. The molecule has 1 saturated heterocycles. The van der Waals surface area contributed by atoms with Crippen molar-refractivity contribution in [2.45, 2.75) is 24.4 Å². The number of nitrogens with one attached hydrogen (secondary N) is 2. The Morgan fingerprint density at radius 3 is 2.70 bits per heavy atom. The van der Waals surface area contributed by atoms with E-state index in [1.165, 1.54) is 12.1 Å². The van der Waals surface area contributed by atoms with Gasteiger partial charge in [-0.25, -0.2) is 13.1 Å². The summed E-state index contributed by atoms with van der Waals surface area (Å²) in [6.07, 6.45) is -3.79. The van der Waals surface area contributed by atoms with Crippen LogP contribution in [0, 0.1) is 0 Å². The topological polar surface area (TPSA) is 58.2 Å². The van der Waals surface area contributed by atoms with Crippen LogP contribution in [0.1, 0.15) is 17.5 Å². The molecule has 1 aromatic rings. The first-order valence-electron chi connectivity index (χ1n) is 6.13. The summed E-state index contributed by atoms with van der Waals surface area (Å²) in [6.45, 7) is 1.28. The van der Waals surface area contributed by atoms with Gasteiger partial charge in [0.2, 0.25) is 10.0 Å².